The number of alkyl halides is 3. The third-order valence-corrected chi connectivity index (χ3v) is 2.65. The highest BCUT2D eigenvalue weighted by atomic mass is 19.4. The van der Waals surface area contributed by atoms with E-state index >= 15 is 0 Å². The summed E-state index contributed by atoms with van der Waals surface area (Å²) in [5.41, 5.74) is -0.368. The number of rotatable bonds is 5. The van der Waals surface area contributed by atoms with Crippen LogP contribution in [0.2, 0.25) is 0 Å². The van der Waals surface area contributed by atoms with E-state index in [4.69, 9.17) is 5.26 Å². The Morgan fingerprint density at radius 1 is 1.33 bits per heavy atom. The predicted molar refractivity (Wildman–Crippen MR) is 62.7 cm³/mol. The molecule has 2 nitrogen and oxygen atoms in total. The van der Waals surface area contributed by atoms with Gasteiger partial charge in [-0.3, -0.25) is 0 Å². The maximum atomic E-state index is 12.8. The summed E-state index contributed by atoms with van der Waals surface area (Å²) in [4.78, 5) is 0. The third-order valence-electron chi connectivity index (χ3n) is 2.65. The first-order valence-corrected chi connectivity index (χ1v) is 5.73. The second kappa shape index (κ2) is 6.41. The standard InChI is InChI=1S/C13H15F3N2/c1-10(18-9-5-4-8-17)11-6-2-3-7-12(11)13(14,15)16/h2-3,6-7,10,18H,4-5,9H2,1H3/t10-/m1/s1. The van der Waals surface area contributed by atoms with E-state index in [2.05, 4.69) is 5.32 Å². The molecule has 1 rings (SSSR count). The molecule has 0 unspecified atom stereocenters. The second-order valence-corrected chi connectivity index (χ2v) is 4.02. The molecular formula is C13H15F3N2. The zero-order chi connectivity index (χ0) is 13.6. The van der Waals surface area contributed by atoms with Crippen molar-refractivity contribution in [2.75, 3.05) is 6.54 Å². The summed E-state index contributed by atoms with van der Waals surface area (Å²) in [6.07, 6.45) is -3.30. The molecule has 1 atom stereocenters. The van der Waals surface area contributed by atoms with Gasteiger partial charge in [-0.25, -0.2) is 0 Å². The lowest BCUT2D eigenvalue weighted by molar-refractivity contribution is -0.138. The number of benzene rings is 1. The number of nitrogens with one attached hydrogen (secondary N) is 1. The van der Waals surface area contributed by atoms with Crippen molar-refractivity contribution in [1.82, 2.24) is 5.32 Å². The Bertz CT molecular complexity index is 421. The largest absolute Gasteiger partial charge is 0.416 e. The van der Waals surface area contributed by atoms with Crippen molar-refractivity contribution in [3.63, 3.8) is 0 Å². The topological polar surface area (TPSA) is 35.8 Å². The van der Waals surface area contributed by atoms with E-state index in [1.54, 1.807) is 13.0 Å². The fourth-order valence-corrected chi connectivity index (χ4v) is 1.73. The Labute approximate surface area is 104 Å². The van der Waals surface area contributed by atoms with E-state index in [-0.39, 0.29) is 11.6 Å². The van der Waals surface area contributed by atoms with Crippen LogP contribution >= 0.6 is 0 Å². The van der Waals surface area contributed by atoms with Crippen molar-refractivity contribution in [3.8, 4) is 6.07 Å². The van der Waals surface area contributed by atoms with E-state index in [0.29, 0.717) is 19.4 Å². The van der Waals surface area contributed by atoms with Gasteiger partial charge in [-0.15, -0.1) is 0 Å². The number of hydrogen-bond donors (Lipinski definition) is 1. The highest BCUT2D eigenvalue weighted by molar-refractivity contribution is 5.31. The molecule has 1 aromatic rings. The molecule has 98 valence electrons. The van der Waals surface area contributed by atoms with Crippen LogP contribution in [0.1, 0.15) is 36.9 Å². The molecule has 0 bridgehead atoms. The molecule has 1 aromatic carbocycles. The summed E-state index contributed by atoms with van der Waals surface area (Å²) < 4.78 is 38.3. The Morgan fingerprint density at radius 2 is 2.00 bits per heavy atom. The molecular weight excluding hydrogens is 241 g/mol. The lowest BCUT2D eigenvalue weighted by atomic mass is 10.0. The Kier molecular flexibility index (Phi) is 5.17. The van der Waals surface area contributed by atoms with Gasteiger partial charge in [-0.1, -0.05) is 18.2 Å². The number of hydrogen-bond acceptors (Lipinski definition) is 2. The highest BCUT2D eigenvalue weighted by Gasteiger charge is 2.33. The molecule has 0 saturated heterocycles. The van der Waals surface area contributed by atoms with Crippen LogP contribution in [-0.4, -0.2) is 6.54 Å². The molecule has 0 heterocycles. The Balaban J connectivity index is 2.74. The van der Waals surface area contributed by atoms with E-state index in [1.807, 2.05) is 6.07 Å². The van der Waals surface area contributed by atoms with Crippen molar-refractivity contribution in [1.29, 1.82) is 5.26 Å². The first-order valence-electron chi connectivity index (χ1n) is 5.73. The van der Waals surface area contributed by atoms with Gasteiger partial charge in [0.2, 0.25) is 0 Å². The van der Waals surface area contributed by atoms with Crippen molar-refractivity contribution in [2.45, 2.75) is 32.0 Å². The summed E-state index contributed by atoms with van der Waals surface area (Å²) in [5.74, 6) is 0. The van der Waals surface area contributed by atoms with Gasteiger partial charge in [0.15, 0.2) is 0 Å². The number of nitriles is 1. The predicted octanol–water partition coefficient (Wildman–Crippen LogP) is 3.66. The highest BCUT2D eigenvalue weighted by Crippen LogP contribution is 2.34. The van der Waals surface area contributed by atoms with Gasteiger partial charge in [-0.2, -0.15) is 18.4 Å². The van der Waals surface area contributed by atoms with Crippen LogP contribution in [0.5, 0.6) is 0 Å². The molecule has 0 aromatic heterocycles. The summed E-state index contributed by atoms with van der Waals surface area (Å²) in [7, 11) is 0. The van der Waals surface area contributed by atoms with Crippen LogP contribution in [-0.2, 0) is 6.18 Å². The van der Waals surface area contributed by atoms with Crippen LogP contribution in [0, 0.1) is 11.3 Å². The SMILES string of the molecule is C[C@@H](NCCCC#N)c1ccccc1C(F)(F)F. The molecule has 0 aliphatic heterocycles. The maximum absolute atomic E-state index is 12.8. The van der Waals surface area contributed by atoms with Crippen LogP contribution in [0.25, 0.3) is 0 Å². The molecule has 0 amide bonds. The summed E-state index contributed by atoms with van der Waals surface area (Å²) in [6.45, 7) is 2.22. The summed E-state index contributed by atoms with van der Waals surface area (Å²) >= 11 is 0. The average Bonchev–Trinajstić information content (AvgIpc) is 2.33. The molecule has 0 saturated carbocycles. The van der Waals surface area contributed by atoms with Gasteiger partial charge >= 0.3 is 6.18 Å². The van der Waals surface area contributed by atoms with Gasteiger partial charge in [0.25, 0.3) is 0 Å². The normalized spacial score (nSPS) is 13.1. The first kappa shape index (κ1) is 14.5. The lowest BCUT2D eigenvalue weighted by Crippen LogP contribution is -2.22. The van der Waals surface area contributed by atoms with Crippen molar-refractivity contribution in [3.05, 3.63) is 35.4 Å². The molecule has 0 radical (unpaired) electrons. The van der Waals surface area contributed by atoms with Crippen LogP contribution < -0.4 is 5.32 Å². The zero-order valence-corrected chi connectivity index (χ0v) is 10.1. The molecule has 1 N–H and O–H groups in total. The van der Waals surface area contributed by atoms with Crippen LogP contribution in [0.4, 0.5) is 13.2 Å². The van der Waals surface area contributed by atoms with Gasteiger partial charge in [0.05, 0.1) is 11.6 Å². The molecule has 0 aliphatic rings. The van der Waals surface area contributed by atoms with Gasteiger partial charge in [0, 0.05) is 12.5 Å². The Hall–Kier alpha value is -1.54. The van der Waals surface area contributed by atoms with E-state index in [9.17, 15) is 13.2 Å². The fourth-order valence-electron chi connectivity index (χ4n) is 1.73. The van der Waals surface area contributed by atoms with Gasteiger partial charge in [0.1, 0.15) is 0 Å². The summed E-state index contributed by atoms with van der Waals surface area (Å²) in [5, 5.41) is 11.4. The number of unbranched alkanes of at least 4 members (excludes halogenated alkanes) is 1. The van der Waals surface area contributed by atoms with Gasteiger partial charge < -0.3 is 5.32 Å². The fraction of sp³-hybridized carbons (Fsp3) is 0.462. The minimum Gasteiger partial charge on any atom is -0.310 e. The van der Waals surface area contributed by atoms with Crippen LogP contribution in [0.15, 0.2) is 24.3 Å². The molecule has 0 spiro atoms. The monoisotopic (exact) mass is 256 g/mol. The number of nitrogens with zero attached hydrogens (tertiary/aromatic N) is 1. The average molecular weight is 256 g/mol. The van der Waals surface area contributed by atoms with Crippen molar-refractivity contribution in [2.24, 2.45) is 0 Å². The second-order valence-electron chi connectivity index (χ2n) is 4.02. The minimum atomic E-state index is -4.33. The lowest BCUT2D eigenvalue weighted by Gasteiger charge is -2.19. The van der Waals surface area contributed by atoms with E-state index < -0.39 is 11.7 Å². The van der Waals surface area contributed by atoms with E-state index in [1.165, 1.54) is 12.1 Å². The molecule has 18 heavy (non-hydrogen) atoms. The minimum absolute atomic E-state index is 0.238. The smallest absolute Gasteiger partial charge is 0.310 e. The maximum Gasteiger partial charge on any atom is 0.416 e. The van der Waals surface area contributed by atoms with Gasteiger partial charge in [-0.05, 0) is 31.5 Å². The van der Waals surface area contributed by atoms with Crippen molar-refractivity contribution >= 4 is 0 Å². The quantitative estimate of drug-likeness (QED) is 0.816. The first-order chi connectivity index (χ1) is 8.46. The molecule has 0 aliphatic carbocycles. The molecule has 0 fully saturated rings. The molecule has 5 heteroatoms. The van der Waals surface area contributed by atoms with E-state index in [0.717, 1.165) is 6.07 Å². The summed E-state index contributed by atoms with van der Waals surface area (Å²) in [6, 6.07) is 7.15. The Morgan fingerprint density at radius 3 is 2.61 bits per heavy atom. The number of halogens is 3. The van der Waals surface area contributed by atoms with Crippen molar-refractivity contribution < 1.29 is 13.2 Å². The third kappa shape index (κ3) is 4.04. The van der Waals surface area contributed by atoms with Crippen LogP contribution in [0.3, 0.4) is 0 Å². The zero-order valence-electron chi connectivity index (χ0n) is 10.1.